The molecule has 3 rings (SSSR count). The van der Waals surface area contributed by atoms with Gasteiger partial charge in [0.25, 0.3) is 5.69 Å². The molecule has 0 aliphatic rings. The van der Waals surface area contributed by atoms with Gasteiger partial charge in [0.05, 0.1) is 22.4 Å². The van der Waals surface area contributed by atoms with Gasteiger partial charge in [-0.15, -0.1) is 0 Å². The minimum atomic E-state index is -4.67. The predicted octanol–water partition coefficient (Wildman–Crippen LogP) is 5.47. The summed E-state index contributed by atoms with van der Waals surface area (Å²) in [5.74, 6) is 0. The van der Waals surface area contributed by atoms with E-state index in [9.17, 15) is 23.3 Å². The van der Waals surface area contributed by atoms with E-state index < -0.39 is 22.4 Å². The highest BCUT2D eigenvalue weighted by atomic mass is 19.4. The average molecular weight is 402 g/mol. The minimum absolute atomic E-state index is 0.136. The second-order valence-corrected chi connectivity index (χ2v) is 6.43. The molecule has 9 heteroatoms. The fraction of sp³-hybridized carbons (Fsp3) is 0.150. The monoisotopic (exact) mass is 402 g/mol. The summed E-state index contributed by atoms with van der Waals surface area (Å²) in [5.41, 5.74) is 4.41. The van der Waals surface area contributed by atoms with Crippen LogP contribution in [0.4, 0.5) is 24.5 Å². The van der Waals surface area contributed by atoms with Crippen molar-refractivity contribution in [3.63, 3.8) is 0 Å². The summed E-state index contributed by atoms with van der Waals surface area (Å²) in [6.07, 6.45) is -1.39. The number of anilines is 1. The number of hydrogen-bond acceptors (Lipinski definition) is 4. The maximum atomic E-state index is 12.8. The first-order valence-electron chi connectivity index (χ1n) is 8.56. The first-order chi connectivity index (χ1) is 13.7. The number of rotatable bonds is 5. The van der Waals surface area contributed by atoms with E-state index in [1.54, 1.807) is 6.07 Å². The molecule has 0 atom stereocenters. The molecule has 2 aromatic carbocycles. The van der Waals surface area contributed by atoms with Crippen molar-refractivity contribution in [2.75, 3.05) is 5.43 Å². The SMILES string of the molecule is Cc1ccc(-n2cccc2/C=N\Nc2ccc(C(F)(F)F)cc2[N+](=O)[O-])cc1C. The van der Waals surface area contributed by atoms with Gasteiger partial charge in [-0.25, -0.2) is 0 Å². The van der Waals surface area contributed by atoms with Crippen LogP contribution < -0.4 is 5.43 Å². The van der Waals surface area contributed by atoms with Crippen molar-refractivity contribution in [2.24, 2.45) is 5.10 Å². The molecule has 29 heavy (non-hydrogen) atoms. The Morgan fingerprint density at radius 1 is 1.10 bits per heavy atom. The number of alkyl halides is 3. The fourth-order valence-electron chi connectivity index (χ4n) is 2.73. The third kappa shape index (κ3) is 4.45. The van der Waals surface area contributed by atoms with Gasteiger partial charge in [0.1, 0.15) is 5.69 Å². The van der Waals surface area contributed by atoms with Crippen LogP contribution in [0, 0.1) is 24.0 Å². The zero-order valence-electron chi connectivity index (χ0n) is 15.6. The van der Waals surface area contributed by atoms with E-state index in [4.69, 9.17) is 0 Å². The average Bonchev–Trinajstić information content (AvgIpc) is 3.11. The highest BCUT2D eigenvalue weighted by Gasteiger charge is 2.33. The number of nitro benzene ring substituents is 1. The van der Waals surface area contributed by atoms with Gasteiger partial charge in [-0.2, -0.15) is 18.3 Å². The van der Waals surface area contributed by atoms with Gasteiger partial charge >= 0.3 is 6.18 Å². The van der Waals surface area contributed by atoms with Crippen molar-refractivity contribution in [1.82, 2.24) is 4.57 Å². The van der Waals surface area contributed by atoms with Crippen LogP contribution in [0.25, 0.3) is 5.69 Å². The van der Waals surface area contributed by atoms with Gasteiger partial charge in [-0.3, -0.25) is 15.5 Å². The molecule has 150 valence electrons. The standard InChI is InChI=1S/C20H17F3N4O2/c1-13-5-7-16(10-14(13)2)26-9-3-4-17(26)12-24-25-18-8-6-15(20(21,22)23)11-19(18)27(28)29/h3-12,25H,1-2H3/b24-12-. The molecule has 3 aromatic rings. The maximum absolute atomic E-state index is 12.8. The Morgan fingerprint density at radius 3 is 2.52 bits per heavy atom. The zero-order chi connectivity index (χ0) is 21.2. The number of aromatic nitrogens is 1. The van der Waals surface area contributed by atoms with Crippen LogP contribution in [-0.2, 0) is 6.18 Å². The van der Waals surface area contributed by atoms with Gasteiger partial charge in [-0.1, -0.05) is 6.07 Å². The summed E-state index contributed by atoms with van der Waals surface area (Å²) in [5, 5.41) is 15.1. The Labute approximate surface area is 164 Å². The molecule has 0 bridgehead atoms. The van der Waals surface area contributed by atoms with Gasteiger partial charge in [0, 0.05) is 18.0 Å². The molecule has 1 N–H and O–H groups in total. The topological polar surface area (TPSA) is 72.5 Å². The largest absolute Gasteiger partial charge is 0.416 e. The molecule has 0 unspecified atom stereocenters. The van der Waals surface area contributed by atoms with Crippen molar-refractivity contribution >= 4 is 17.6 Å². The fourth-order valence-corrected chi connectivity index (χ4v) is 2.73. The summed E-state index contributed by atoms with van der Waals surface area (Å²) >= 11 is 0. The molecule has 1 heterocycles. The third-order valence-corrected chi connectivity index (χ3v) is 4.45. The summed E-state index contributed by atoms with van der Waals surface area (Å²) in [7, 11) is 0. The number of nitrogens with one attached hydrogen (secondary N) is 1. The molecule has 0 spiro atoms. The van der Waals surface area contributed by atoms with Crippen LogP contribution in [0.15, 0.2) is 59.8 Å². The van der Waals surface area contributed by atoms with Crippen LogP contribution in [0.2, 0.25) is 0 Å². The number of nitrogens with zero attached hydrogens (tertiary/aromatic N) is 3. The van der Waals surface area contributed by atoms with Crippen LogP contribution in [0.1, 0.15) is 22.4 Å². The Kier molecular flexibility index (Phi) is 5.40. The number of halogens is 3. The first-order valence-corrected chi connectivity index (χ1v) is 8.56. The molecular formula is C20H17F3N4O2. The molecule has 0 amide bonds. The third-order valence-electron chi connectivity index (χ3n) is 4.45. The van der Waals surface area contributed by atoms with E-state index in [0.29, 0.717) is 11.8 Å². The maximum Gasteiger partial charge on any atom is 0.416 e. The molecule has 0 aliphatic heterocycles. The van der Waals surface area contributed by atoms with E-state index in [1.807, 2.05) is 48.9 Å². The van der Waals surface area contributed by atoms with Crippen molar-refractivity contribution in [1.29, 1.82) is 0 Å². The molecule has 1 aromatic heterocycles. The normalized spacial score (nSPS) is 11.8. The first kappa shape index (κ1) is 20.1. The number of hydrazone groups is 1. The highest BCUT2D eigenvalue weighted by molar-refractivity contribution is 5.80. The quantitative estimate of drug-likeness (QED) is 0.350. The lowest BCUT2D eigenvalue weighted by molar-refractivity contribution is -0.384. The highest BCUT2D eigenvalue weighted by Crippen LogP contribution is 2.34. The van der Waals surface area contributed by atoms with E-state index in [-0.39, 0.29) is 5.69 Å². The van der Waals surface area contributed by atoms with Gasteiger partial charge in [-0.05, 0) is 61.4 Å². The van der Waals surface area contributed by atoms with E-state index in [2.05, 4.69) is 10.5 Å². The van der Waals surface area contributed by atoms with E-state index in [0.717, 1.165) is 28.9 Å². The van der Waals surface area contributed by atoms with Crippen LogP contribution >= 0.6 is 0 Å². The van der Waals surface area contributed by atoms with Crippen molar-refractivity contribution in [3.05, 3.63) is 87.2 Å². The van der Waals surface area contributed by atoms with Gasteiger partial charge in [0.2, 0.25) is 0 Å². The Hall–Kier alpha value is -3.62. The van der Waals surface area contributed by atoms with Crippen molar-refractivity contribution in [3.8, 4) is 5.69 Å². The Morgan fingerprint density at radius 2 is 1.86 bits per heavy atom. The van der Waals surface area contributed by atoms with E-state index >= 15 is 0 Å². The number of benzene rings is 2. The van der Waals surface area contributed by atoms with Gasteiger partial charge < -0.3 is 4.57 Å². The Bertz CT molecular complexity index is 1090. The molecule has 0 radical (unpaired) electrons. The number of hydrogen-bond donors (Lipinski definition) is 1. The summed E-state index contributed by atoms with van der Waals surface area (Å²) < 4.78 is 40.2. The van der Waals surface area contributed by atoms with Crippen LogP contribution in [0.5, 0.6) is 0 Å². The molecule has 0 fully saturated rings. The second-order valence-electron chi connectivity index (χ2n) is 6.43. The van der Waals surface area contributed by atoms with Crippen molar-refractivity contribution < 1.29 is 18.1 Å². The lowest BCUT2D eigenvalue weighted by Crippen LogP contribution is -2.07. The summed E-state index contributed by atoms with van der Waals surface area (Å²) in [6, 6.07) is 11.8. The van der Waals surface area contributed by atoms with Crippen LogP contribution in [0.3, 0.4) is 0 Å². The smallest absolute Gasteiger partial charge is 0.316 e. The number of nitro groups is 1. The molecule has 6 nitrogen and oxygen atoms in total. The molecular weight excluding hydrogens is 385 g/mol. The summed E-state index contributed by atoms with van der Waals surface area (Å²) in [6.45, 7) is 4.01. The molecule has 0 saturated carbocycles. The second kappa shape index (κ2) is 7.78. The lowest BCUT2D eigenvalue weighted by Gasteiger charge is -2.09. The summed E-state index contributed by atoms with van der Waals surface area (Å²) in [4.78, 5) is 10.2. The predicted molar refractivity (Wildman–Crippen MR) is 105 cm³/mol. The lowest BCUT2D eigenvalue weighted by atomic mass is 10.1. The molecule has 0 saturated heterocycles. The van der Waals surface area contributed by atoms with E-state index in [1.165, 1.54) is 6.21 Å². The number of aryl methyl sites for hydroxylation is 2. The van der Waals surface area contributed by atoms with Crippen LogP contribution in [-0.4, -0.2) is 15.7 Å². The molecule has 0 aliphatic carbocycles. The zero-order valence-corrected chi connectivity index (χ0v) is 15.6. The minimum Gasteiger partial charge on any atom is -0.316 e. The van der Waals surface area contributed by atoms with Gasteiger partial charge in [0.15, 0.2) is 0 Å². The van der Waals surface area contributed by atoms with Crippen molar-refractivity contribution in [2.45, 2.75) is 20.0 Å². The Balaban J connectivity index is 1.85.